The number of ether oxygens (including phenoxy) is 1. The van der Waals surface area contributed by atoms with E-state index < -0.39 is 0 Å². The molecule has 1 fully saturated rings. The zero-order valence-corrected chi connectivity index (χ0v) is 11.9. The van der Waals surface area contributed by atoms with Crippen LogP contribution in [0.15, 0.2) is 0 Å². The zero-order valence-electron chi connectivity index (χ0n) is 11.9. The van der Waals surface area contributed by atoms with E-state index in [1.54, 1.807) is 0 Å². The van der Waals surface area contributed by atoms with E-state index in [9.17, 15) is 0 Å². The van der Waals surface area contributed by atoms with E-state index in [1.165, 1.54) is 25.8 Å². The summed E-state index contributed by atoms with van der Waals surface area (Å²) in [7, 11) is 0. The molecular formula is C14H30N2O. The minimum atomic E-state index is 0.705. The second-order valence-electron chi connectivity index (χ2n) is 4.99. The fourth-order valence-corrected chi connectivity index (χ4v) is 2.20. The van der Waals surface area contributed by atoms with Crippen LogP contribution in [0.1, 0.15) is 40.0 Å². The van der Waals surface area contributed by atoms with Gasteiger partial charge in [-0.05, 0) is 45.2 Å². The number of likely N-dealkylation sites (N-methyl/N-ethyl adjacent to an activating group) is 1. The Hall–Kier alpha value is -0.120. The highest BCUT2D eigenvalue weighted by Gasteiger charge is 2.31. The monoisotopic (exact) mass is 242 g/mol. The molecule has 1 rings (SSSR count). The number of hydrogen-bond acceptors (Lipinski definition) is 3. The first-order valence-electron chi connectivity index (χ1n) is 7.35. The molecule has 1 aliphatic rings. The van der Waals surface area contributed by atoms with Gasteiger partial charge in [-0.1, -0.05) is 13.8 Å². The lowest BCUT2D eigenvalue weighted by Gasteiger charge is -2.27. The average Bonchev–Trinajstić information content (AvgIpc) is 3.16. The molecule has 0 heterocycles. The Balaban J connectivity index is 2.24. The van der Waals surface area contributed by atoms with Crippen molar-refractivity contribution in [2.45, 2.75) is 46.1 Å². The van der Waals surface area contributed by atoms with Crippen molar-refractivity contribution in [1.29, 1.82) is 0 Å². The average molecular weight is 242 g/mol. The van der Waals surface area contributed by atoms with Crippen molar-refractivity contribution < 1.29 is 4.74 Å². The summed E-state index contributed by atoms with van der Waals surface area (Å²) in [6.45, 7) is 12.8. The van der Waals surface area contributed by atoms with Gasteiger partial charge in [0.05, 0.1) is 6.61 Å². The second kappa shape index (κ2) is 8.90. The fraction of sp³-hybridized carbons (Fsp3) is 1.00. The van der Waals surface area contributed by atoms with Gasteiger partial charge in [0.2, 0.25) is 0 Å². The van der Waals surface area contributed by atoms with Crippen LogP contribution in [-0.2, 0) is 4.74 Å². The summed E-state index contributed by atoms with van der Waals surface area (Å²) in [5.74, 6) is 0.933. The van der Waals surface area contributed by atoms with E-state index in [-0.39, 0.29) is 0 Å². The summed E-state index contributed by atoms with van der Waals surface area (Å²) in [5.41, 5.74) is 0. The SMILES string of the molecule is CCCNC(CN(CC)CCOCC)C1CC1. The largest absolute Gasteiger partial charge is 0.380 e. The van der Waals surface area contributed by atoms with Gasteiger partial charge in [0, 0.05) is 25.7 Å². The third kappa shape index (κ3) is 6.39. The van der Waals surface area contributed by atoms with Crippen LogP contribution in [0.5, 0.6) is 0 Å². The Morgan fingerprint density at radius 2 is 2.06 bits per heavy atom. The fourth-order valence-electron chi connectivity index (χ4n) is 2.20. The zero-order chi connectivity index (χ0) is 12.5. The third-order valence-corrected chi connectivity index (χ3v) is 3.51. The number of hydrogen-bond donors (Lipinski definition) is 1. The maximum Gasteiger partial charge on any atom is 0.0593 e. The van der Waals surface area contributed by atoms with Crippen LogP contribution in [-0.4, -0.2) is 50.3 Å². The normalized spacial score (nSPS) is 17.6. The molecule has 0 radical (unpaired) electrons. The molecule has 17 heavy (non-hydrogen) atoms. The Morgan fingerprint density at radius 1 is 1.29 bits per heavy atom. The molecule has 0 saturated heterocycles. The van der Waals surface area contributed by atoms with Gasteiger partial charge in [-0.25, -0.2) is 0 Å². The Kier molecular flexibility index (Phi) is 7.82. The predicted octanol–water partition coefficient (Wildman–Crippen LogP) is 2.12. The molecule has 0 aliphatic heterocycles. The van der Waals surface area contributed by atoms with Crippen LogP contribution < -0.4 is 5.32 Å². The highest BCUT2D eigenvalue weighted by Crippen LogP contribution is 2.32. The van der Waals surface area contributed by atoms with E-state index in [0.717, 1.165) is 38.8 Å². The summed E-state index contributed by atoms with van der Waals surface area (Å²) in [5, 5.41) is 3.70. The summed E-state index contributed by atoms with van der Waals surface area (Å²) in [6.07, 6.45) is 4.07. The molecule has 0 aromatic carbocycles. The standard InChI is InChI=1S/C14H30N2O/c1-4-9-15-14(13-7-8-13)12-16(5-2)10-11-17-6-3/h13-15H,4-12H2,1-3H3. The van der Waals surface area contributed by atoms with Crippen molar-refractivity contribution in [3.63, 3.8) is 0 Å². The lowest BCUT2D eigenvalue weighted by Crippen LogP contribution is -2.43. The van der Waals surface area contributed by atoms with Crippen LogP contribution in [0.3, 0.4) is 0 Å². The number of nitrogens with zero attached hydrogens (tertiary/aromatic N) is 1. The molecular weight excluding hydrogens is 212 g/mol. The van der Waals surface area contributed by atoms with E-state index in [2.05, 4.69) is 31.0 Å². The van der Waals surface area contributed by atoms with E-state index in [0.29, 0.717) is 6.04 Å². The molecule has 0 aromatic rings. The van der Waals surface area contributed by atoms with Crippen LogP contribution >= 0.6 is 0 Å². The third-order valence-electron chi connectivity index (χ3n) is 3.51. The van der Waals surface area contributed by atoms with Crippen molar-refractivity contribution >= 4 is 0 Å². The smallest absolute Gasteiger partial charge is 0.0593 e. The molecule has 3 nitrogen and oxygen atoms in total. The molecule has 0 amide bonds. The van der Waals surface area contributed by atoms with Gasteiger partial charge < -0.3 is 10.1 Å². The maximum atomic E-state index is 5.44. The van der Waals surface area contributed by atoms with Gasteiger partial charge in [0.1, 0.15) is 0 Å². The molecule has 102 valence electrons. The highest BCUT2D eigenvalue weighted by molar-refractivity contribution is 4.88. The predicted molar refractivity (Wildman–Crippen MR) is 73.4 cm³/mol. The topological polar surface area (TPSA) is 24.5 Å². The van der Waals surface area contributed by atoms with Gasteiger partial charge in [0.15, 0.2) is 0 Å². The van der Waals surface area contributed by atoms with E-state index in [1.807, 2.05) is 0 Å². The Morgan fingerprint density at radius 3 is 2.59 bits per heavy atom. The van der Waals surface area contributed by atoms with Crippen molar-refractivity contribution in [1.82, 2.24) is 10.2 Å². The summed E-state index contributed by atoms with van der Waals surface area (Å²) < 4.78 is 5.44. The quantitative estimate of drug-likeness (QED) is 0.562. The van der Waals surface area contributed by atoms with Crippen molar-refractivity contribution in [2.24, 2.45) is 5.92 Å². The molecule has 1 aliphatic carbocycles. The Labute approximate surface area is 107 Å². The molecule has 0 spiro atoms. The summed E-state index contributed by atoms with van der Waals surface area (Å²) in [4.78, 5) is 2.52. The minimum Gasteiger partial charge on any atom is -0.380 e. The summed E-state index contributed by atoms with van der Waals surface area (Å²) in [6, 6.07) is 0.705. The van der Waals surface area contributed by atoms with E-state index in [4.69, 9.17) is 4.74 Å². The molecule has 1 saturated carbocycles. The second-order valence-corrected chi connectivity index (χ2v) is 4.99. The van der Waals surface area contributed by atoms with E-state index >= 15 is 0 Å². The highest BCUT2D eigenvalue weighted by atomic mass is 16.5. The molecule has 1 atom stereocenters. The minimum absolute atomic E-state index is 0.705. The molecule has 0 aromatic heterocycles. The number of rotatable bonds is 11. The maximum absolute atomic E-state index is 5.44. The van der Waals surface area contributed by atoms with Gasteiger partial charge in [-0.3, -0.25) is 4.90 Å². The molecule has 1 unspecified atom stereocenters. The lowest BCUT2D eigenvalue weighted by molar-refractivity contribution is 0.110. The van der Waals surface area contributed by atoms with Crippen LogP contribution in [0.25, 0.3) is 0 Å². The molecule has 1 N–H and O–H groups in total. The summed E-state index contributed by atoms with van der Waals surface area (Å²) >= 11 is 0. The number of nitrogens with one attached hydrogen (secondary N) is 1. The molecule has 0 bridgehead atoms. The van der Waals surface area contributed by atoms with Gasteiger partial charge >= 0.3 is 0 Å². The Bertz CT molecular complexity index is 183. The van der Waals surface area contributed by atoms with Crippen LogP contribution in [0.4, 0.5) is 0 Å². The lowest BCUT2D eigenvalue weighted by atomic mass is 10.1. The van der Waals surface area contributed by atoms with Crippen molar-refractivity contribution in [3.05, 3.63) is 0 Å². The van der Waals surface area contributed by atoms with Crippen LogP contribution in [0, 0.1) is 5.92 Å². The first kappa shape index (κ1) is 14.9. The van der Waals surface area contributed by atoms with Crippen molar-refractivity contribution in [3.8, 4) is 0 Å². The molecule has 3 heteroatoms. The van der Waals surface area contributed by atoms with Gasteiger partial charge in [-0.2, -0.15) is 0 Å². The van der Waals surface area contributed by atoms with Crippen molar-refractivity contribution in [2.75, 3.05) is 39.4 Å². The first-order chi connectivity index (χ1) is 8.31. The first-order valence-corrected chi connectivity index (χ1v) is 7.35. The van der Waals surface area contributed by atoms with Gasteiger partial charge in [0.25, 0.3) is 0 Å². The van der Waals surface area contributed by atoms with Gasteiger partial charge in [-0.15, -0.1) is 0 Å². The van der Waals surface area contributed by atoms with Crippen LogP contribution in [0.2, 0.25) is 0 Å².